The zero-order valence-electron chi connectivity index (χ0n) is 16.2. The summed E-state index contributed by atoms with van der Waals surface area (Å²) in [5, 5.41) is 3.02. The molecular formula is C19H25N3O5. The summed E-state index contributed by atoms with van der Waals surface area (Å²) in [6, 6.07) is 9.03. The lowest BCUT2D eigenvalue weighted by Gasteiger charge is -2.15. The molecule has 0 saturated carbocycles. The molecule has 0 aliphatic rings. The molecule has 0 bridgehead atoms. The van der Waals surface area contributed by atoms with E-state index < -0.39 is 0 Å². The first-order valence-corrected chi connectivity index (χ1v) is 8.14. The van der Waals surface area contributed by atoms with Crippen LogP contribution in [0.4, 0.5) is 5.69 Å². The molecule has 2 aromatic carbocycles. The van der Waals surface area contributed by atoms with Crippen LogP contribution < -0.4 is 34.7 Å². The largest absolute Gasteiger partial charge is 0.493 e. The standard InChI is InChI=1S/C19H25N3O5/c1-23-14-9-7-13(10-16(14)25-3)22-19(20)21-11-12-6-8-15(24-2)18(27-5)17(12)26-4/h6-10H,11H2,1-5H3,(H3,20,21,22). The van der Waals surface area contributed by atoms with Gasteiger partial charge in [-0.1, -0.05) is 0 Å². The second kappa shape index (κ2) is 9.42. The van der Waals surface area contributed by atoms with Crippen LogP contribution in [0.5, 0.6) is 28.7 Å². The third-order valence-corrected chi connectivity index (χ3v) is 3.86. The second-order valence-corrected chi connectivity index (χ2v) is 5.39. The Hall–Kier alpha value is -3.29. The number of nitrogens with one attached hydrogen (secondary N) is 1. The van der Waals surface area contributed by atoms with Crippen LogP contribution in [0, 0.1) is 0 Å². The van der Waals surface area contributed by atoms with E-state index in [-0.39, 0.29) is 5.96 Å². The molecule has 0 fully saturated rings. The third kappa shape index (κ3) is 4.66. The number of hydrogen-bond acceptors (Lipinski definition) is 6. The molecule has 3 N–H and O–H groups in total. The lowest BCUT2D eigenvalue weighted by molar-refractivity contribution is 0.322. The average Bonchev–Trinajstić information content (AvgIpc) is 2.70. The summed E-state index contributed by atoms with van der Waals surface area (Å²) in [4.78, 5) is 4.36. The number of aliphatic imine (C=N–C) groups is 1. The van der Waals surface area contributed by atoms with E-state index in [1.165, 1.54) is 0 Å². The molecule has 0 unspecified atom stereocenters. The van der Waals surface area contributed by atoms with Crippen molar-refractivity contribution >= 4 is 11.6 Å². The maximum absolute atomic E-state index is 6.00. The SMILES string of the molecule is COc1ccc(NC(N)=NCc2ccc(OC)c(OC)c2OC)cc1OC. The van der Waals surface area contributed by atoms with Crippen molar-refractivity contribution in [2.75, 3.05) is 40.9 Å². The minimum atomic E-state index is 0.249. The Kier molecular flexibility index (Phi) is 6.99. The van der Waals surface area contributed by atoms with E-state index in [0.717, 1.165) is 11.3 Å². The Morgan fingerprint density at radius 3 is 2.04 bits per heavy atom. The van der Waals surface area contributed by atoms with Gasteiger partial charge in [-0.05, 0) is 24.3 Å². The van der Waals surface area contributed by atoms with E-state index in [0.29, 0.717) is 35.3 Å². The van der Waals surface area contributed by atoms with E-state index >= 15 is 0 Å². The van der Waals surface area contributed by atoms with Crippen molar-refractivity contribution in [1.82, 2.24) is 0 Å². The van der Waals surface area contributed by atoms with Crippen LogP contribution in [-0.2, 0) is 6.54 Å². The van der Waals surface area contributed by atoms with E-state index in [1.807, 2.05) is 12.1 Å². The molecule has 2 rings (SSSR count). The molecule has 27 heavy (non-hydrogen) atoms. The Bertz CT molecular complexity index is 808. The van der Waals surface area contributed by atoms with Crippen molar-refractivity contribution in [3.05, 3.63) is 35.9 Å². The monoisotopic (exact) mass is 375 g/mol. The molecule has 0 aromatic heterocycles. The number of rotatable bonds is 8. The molecule has 0 aliphatic carbocycles. The van der Waals surface area contributed by atoms with E-state index in [9.17, 15) is 0 Å². The van der Waals surface area contributed by atoms with Crippen molar-refractivity contribution in [3.63, 3.8) is 0 Å². The van der Waals surface area contributed by atoms with Gasteiger partial charge in [-0.2, -0.15) is 0 Å². The van der Waals surface area contributed by atoms with Crippen LogP contribution in [0.25, 0.3) is 0 Å². The van der Waals surface area contributed by atoms with Gasteiger partial charge >= 0.3 is 0 Å². The van der Waals surface area contributed by atoms with Gasteiger partial charge in [-0.3, -0.25) is 0 Å². The predicted molar refractivity (Wildman–Crippen MR) is 105 cm³/mol. The van der Waals surface area contributed by atoms with Crippen LogP contribution in [0.3, 0.4) is 0 Å². The lowest BCUT2D eigenvalue weighted by atomic mass is 10.1. The summed E-state index contributed by atoms with van der Waals surface area (Å²) in [7, 11) is 7.84. The van der Waals surface area contributed by atoms with Crippen LogP contribution in [-0.4, -0.2) is 41.5 Å². The summed E-state index contributed by atoms with van der Waals surface area (Å²) in [6.45, 7) is 0.301. The molecule has 0 radical (unpaired) electrons. The second-order valence-electron chi connectivity index (χ2n) is 5.39. The van der Waals surface area contributed by atoms with Crippen molar-refractivity contribution in [2.24, 2.45) is 10.7 Å². The lowest BCUT2D eigenvalue weighted by Crippen LogP contribution is -2.22. The molecule has 8 heteroatoms. The first-order chi connectivity index (χ1) is 13.1. The summed E-state index contributed by atoms with van der Waals surface area (Å²) in [5.41, 5.74) is 7.55. The Labute approximate surface area is 158 Å². The zero-order valence-corrected chi connectivity index (χ0v) is 16.2. The topological polar surface area (TPSA) is 96.6 Å². The van der Waals surface area contributed by atoms with E-state index in [4.69, 9.17) is 29.4 Å². The number of methoxy groups -OCH3 is 5. The fourth-order valence-electron chi connectivity index (χ4n) is 2.56. The normalized spacial score (nSPS) is 10.9. The molecule has 146 valence electrons. The number of hydrogen-bond donors (Lipinski definition) is 2. The Morgan fingerprint density at radius 2 is 1.44 bits per heavy atom. The number of guanidine groups is 1. The number of nitrogens with two attached hydrogens (primary N) is 1. The quantitative estimate of drug-likeness (QED) is 0.541. The van der Waals surface area contributed by atoms with Crippen LogP contribution >= 0.6 is 0 Å². The molecule has 8 nitrogen and oxygen atoms in total. The van der Waals surface area contributed by atoms with Gasteiger partial charge in [0, 0.05) is 17.3 Å². The smallest absolute Gasteiger partial charge is 0.203 e. The third-order valence-electron chi connectivity index (χ3n) is 3.86. The molecule has 2 aromatic rings. The molecule has 0 aliphatic heterocycles. The molecule has 0 spiro atoms. The fraction of sp³-hybridized carbons (Fsp3) is 0.316. The van der Waals surface area contributed by atoms with Crippen LogP contribution in [0.15, 0.2) is 35.3 Å². The first kappa shape index (κ1) is 20.0. The Morgan fingerprint density at radius 1 is 0.815 bits per heavy atom. The summed E-state index contributed by atoms with van der Waals surface area (Å²) in [5.74, 6) is 3.13. The van der Waals surface area contributed by atoms with Gasteiger partial charge in [0.15, 0.2) is 29.0 Å². The van der Waals surface area contributed by atoms with E-state index in [2.05, 4.69) is 10.3 Å². The molecular weight excluding hydrogens is 350 g/mol. The predicted octanol–water partition coefficient (Wildman–Crippen LogP) is 2.66. The highest BCUT2D eigenvalue weighted by molar-refractivity contribution is 5.92. The number of ether oxygens (including phenoxy) is 5. The Balaban J connectivity index is 2.18. The summed E-state index contributed by atoms with van der Waals surface area (Å²) < 4.78 is 26.6. The zero-order chi connectivity index (χ0) is 19.8. The van der Waals surface area contributed by atoms with Crippen molar-refractivity contribution < 1.29 is 23.7 Å². The minimum absolute atomic E-state index is 0.249. The maximum atomic E-state index is 6.00. The maximum Gasteiger partial charge on any atom is 0.203 e. The molecule has 0 atom stereocenters. The fourth-order valence-corrected chi connectivity index (χ4v) is 2.56. The molecule has 0 heterocycles. The highest BCUT2D eigenvalue weighted by Gasteiger charge is 2.15. The van der Waals surface area contributed by atoms with Gasteiger partial charge in [-0.25, -0.2) is 4.99 Å². The summed E-state index contributed by atoms with van der Waals surface area (Å²) in [6.07, 6.45) is 0. The van der Waals surface area contributed by atoms with Gasteiger partial charge in [0.2, 0.25) is 5.75 Å². The summed E-state index contributed by atoms with van der Waals surface area (Å²) >= 11 is 0. The van der Waals surface area contributed by atoms with Crippen LogP contribution in [0.1, 0.15) is 5.56 Å². The number of anilines is 1. The van der Waals surface area contributed by atoms with E-state index in [1.54, 1.807) is 53.7 Å². The van der Waals surface area contributed by atoms with Gasteiger partial charge in [-0.15, -0.1) is 0 Å². The van der Waals surface area contributed by atoms with Crippen LogP contribution in [0.2, 0.25) is 0 Å². The van der Waals surface area contributed by atoms with Crippen molar-refractivity contribution in [2.45, 2.75) is 6.54 Å². The number of benzene rings is 2. The highest BCUT2D eigenvalue weighted by atomic mass is 16.5. The molecule has 0 amide bonds. The van der Waals surface area contributed by atoms with Gasteiger partial charge in [0.1, 0.15) is 0 Å². The minimum Gasteiger partial charge on any atom is -0.493 e. The highest BCUT2D eigenvalue weighted by Crippen LogP contribution is 2.40. The van der Waals surface area contributed by atoms with Crippen molar-refractivity contribution in [3.8, 4) is 28.7 Å². The van der Waals surface area contributed by atoms with Gasteiger partial charge in [0.25, 0.3) is 0 Å². The van der Waals surface area contributed by atoms with Gasteiger partial charge < -0.3 is 34.7 Å². The van der Waals surface area contributed by atoms with Gasteiger partial charge in [0.05, 0.1) is 42.1 Å². The van der Waals surface area contributed by atoms with Crippen molar-refractivity contribution in [1.29, 1.82) is 0 Å². The first-order valence-electron chi connectivity index (χ1n) is 8.14. The number of nitrogens with zero attached hydrogens (tertiary/aromatic N) is 1. The average molecular weight is 375 g/mol. The molecule has 0 saturated heterocycles.